The number of hydrogen-bond acceptors (Lipinski definition) is 4. The maximum absolute atomic E-state index is 12.3. The molecule has 6 nitrogen and oxygen atoms in total. The summed E-state index contributed by atoms with van der Waals surface area (Å²) in [6.07, 6.45) is 0.660. The van der Waals surface area contributed by atoms with Crippen LogP contribution in [0.3, 0.4) is 0 Å². The number of amides is 1. The zero-order chi connectivity index (χ0) is 14.3. The minimum Gasteiger partial charge on any atom is -0.356 e. The van der Waals surface area contributed by atoms with Gasteiger partial charge in [-0.15, -0.1) is 0 Å². The zero-order valence-corrected chi connectivity index (χ0v) is 11.4. The molecule has 2 aromatic rings. The molecule has 1 aromatic carbocycles. The molecule has 1 aliphatic rings. The third-order valence-electron chi connectivity index (χ3n) is 3.56. The maximum Gasteiger partial charge on any atom is 0.277 e. The standard InChI is InChI=1S/C14H16N4O2/c1-16-12-11(13(19)17(2)14(16)20)18(9-15-12)8-10-6-4-3-5-7-10/h3-7,9,14,20H,8H2,1-2H3. The highest BCUT2D eigenvalue weighted by Gasteiger charge is 2.36. The fourth-order valence-electron chi connectivity index (χ4n) is 2.39. The second-order valence-corrected chi connectivity index (χ2v) is 4.90. The van der Waals surface area contributed by atoms with Gasteiger partial charge in [0.25, 0.3) is 5.91 Å². The summed E-state index contributed by atoms with van der Waals surface area (Å²) in [4.78, 5) is 19.5. The molecule has 6 heteroatoms. The van der Waals surface area contributed by atoms with Crippen LogP contribution in [0.25, 0.3) is 0 Å². The van der Waals surface area contributed by atoms with Gasteiger partial charge in [0.05, 0.1) is 6.33 Å². The van der Waals surface area contributed by atoms with Gasteiger partial charge in [-0.1, -0.05) is 30.3 Å². The van der Waals surface area contributed by atoms with E-state index in [0.717, 1.165) is 5.56 Å². The molecule has 0 saturated heterocycles. The highest BCUT2D eigenvalue weighted by Crippen LogP contribution is 2.27. The molecule has 0 aliphatic carbocycles. The molecule has 104 valence electrons. The average Bonchev–Trinajstić information content (AvgIpc) is 2.88. The van der Waals surface area contributed by atoms with E-state index < -0.39 is 6.35 Å². The number of aromatic nitrogens is 2. The van der Waals surface area contributed by atoms with Crippen molar-refractivity contribution in [3.63, 3.8) is 0 Å². The van der Waals surface area contributed by atoms with Crippen LogP contribution in [0.15, 0.2) is 36.7 Å². The molecule has 0 saturated carbocycles. The summed E-state index contributed by atoms with van der Waals surface area (Å²) in [6.45, 7) is 0.576. The van der Waals surface area contributed by atoms with Gasteiger partial charge in [0.2, 0.25) is 6.35 Å². The average molecular weight is 272 g/mol. The number of anilines is 1. The number of aliphatic hydroxyl groups is 1. The fourth-order valence-corrected chi connectivity index (χ4v) is 2.39. The topological polar surface area (TPSA) is 61.6 Å². The predicted octanol–water partition coefficient (Wildman–Crippen LogP) is 0.729. The lowest BCUT2D eigenvalue weighted by molar-refractivity contribution is 0.0152. The third-order valence-corrected chi connectivity index (χ3v) is 3.56. The first-order valence-electron chi connectivity index (χ1n) is 6.36. The van der Waals surface area contributed by atoms with Gasteiger partial charge in [-0.3, -0.25) is 9.69 Å². The summed E-state index contributed by atoms with van der Waals surface area (Å²) >= 11 is 0. The maximum atomic E-state index is 12.3. The van der Waals surface area contributed by atoms with E-state index >= 15 is 0 Å². The first-order chi connectivity index (χ1) is 9.59. The Hall–Kier alpha value is -2.34. The quantitative estimate of drug-likeness (QED) is 0.875. The molecule has 1 N–H and O–H groups in total. The number of imidazole rings is 1. The predicted molar refractivity (Wildman–Crippen MR) is 74.3 cm³/mol. The number of nitrogens with zero attached hydrogens (tertiary/aromatic N) is 4. The van der Waals surface area contributed by atoms with E-state index in [9.17, 15) is 9.90 Å². The van der Waals surface area contributed by atoms with E-state index in [-0.39, 0.29) is 5.91 Å². The van der Waals surface area contributed by atoms with Crippen LogP contribution in [-0.4, -0.2) is 45.9 Å². The largest absolute Gasteiger partial charge is 0.356 e. The summed E-state index contributed by atoms with van der Waals surface area (Å²) in [7, 11) is 3.29. The lowest BCUT2D eigenvalue weighted by Crippen LogP contribution is -2.52. The molecule has 2 heterocycles. The second-order valence-electron chi connectivity index (χ2n) is 4.90. The molecule has 1 amide bonds. The molecule has 1 aromatic heterocycles. The lowest BCUT2D eigenvalue weighted by Gasteiger charge is -2.36. The van der Waals surface area contributed by atoms with E-state index in [0.29, 0.717) is 18.1 Å². The van der Waals surface area contributed by atoms with Crippen molar-refractivity contribution < 1.29 is 9.90 Å². The smallest absolute Gasteiger partial charge is 0.277 e. The van der Waals surface area contributed by atoms with Crippen LogP contribution in [0.1, 0.15) is 16.1 Å². The van der Waals surface area contributed by atoms with Crippen molar-refractivity contribution in [3.8, 4) is 0 Å². The SMILES string of the molecule is CN1C(=O)c2c(ncn2Cc2ccccc2)N(C)C1O. The summed E-state index contributed by atoms with van der Waals surface area (Å²) in [5.74, 6) is 0.288. The Kier molecular flexibility index (Phi) is 2.94. The Morgan fingerprint density at radius 3 is 2.60 bits per heavy atom. The normalized spacial score (nSPS) is 18.4. The van der Waals surface area contributed by atoms with Crippen LogP contribution in [0.4, 0.5) is 5.82 Å². The van der Waals surface area contributed by atoms with Crippen molar-refractivity contribution in [3.05, 3.63) is 47.9 Å². The lowest BCUT2D eigenvalue weighted by atomic mass is 10.2. The second kappa shape index (κ2) is 4.64. The van der Waals surface area contributed by atoms with Crippen molar-refractivity contribution >= 4 is 11.7 Å². The Labute approximate surface area is 116 Å². The molecule has 20 heavy (non-hydrogen) atoms. The summed E-state index contributed by atoms with van der Waals surface area (Å²) < 4.78 is 1.81. The van der Waals surface area contributed by atoms with E-state index in [1.807, 2.05) is 34.9 Å². The van der Waals surface area contributed by atoms with Crippen molar-refractivity contribution in [2.75, 3.05) is 19.0 Å². The number of aliphatic hydroxyl groups excluding tert-OH is 1. The van der Waals surface area contributed by atoms with Gasteiger partial charge in [-0.25, -0.2) is 4.98 Å². The van der Waals surface area contributed by atoms with Crippen LogP contribution < -0.4 is 4.90 Å². The van der Waals surface area contributed by atoms with Crippen molar-refractivity contribution in [2.45, 2.75) is 12.9 Å². The van der Waals surface area contributed by atoms with Crippen LogP contribution in [0, 0.1) is 0 Å². The molecule has 0 fully saturated rings. The first-order valence-corrected chi connectivity index (χ1v) is 6.36. The molecule has 0 radical (unpaired) electrons. The number of rotatable bonds is 2. The zero-order valence-electron chi connectivity index (χ0n) is 11.4. The summed E-state index contributed by atoms with van der Waals surface area (Å²) in [6, 6.07) is 9.88. The minimum atomic E-state index is -0.977. The molecule has 1 unspecified atom stereocenters. The summed E-state index contributed by atoms with van der Waals surface area (Å²) in [5, 5.41) is 9.94. The Morgan fingerprint density at radius 2 is 1.90 bits per heavy atom. The molecule has 0 bridgehead atoms. The molecule has 0 spiro atoms. The van der Waals surface area contributed by atoms with Gasteiger partial charge in [0.1, 0.15) is 0 Å². The van der Waals surface area contributed by atoms with Gasteiger partial charge in [-0.05, 0) is 5.56 Å². The van der Waals surface area contributed by atoms with Gasteiger partial charge in [-0.2, -0.15) is 0 Å². The van der Waals surface area contributed by atoms with Gasteiger partial charge >= 0.3 is 0 Å². The highest BCUT2D eigenvalue weighted by molar-refractivity contribution is 5.99. The molecule has 1 atom stereocenters. The van der Waals surface area contributed by atoms with E-state index in [2.05, 4.69) is 4.98 Å². The first kappa shape index (κ1) is 12.7. The van der Waals surface area contributed by atoms with Crippen LogP contribution >= 0.6 is 0 Å². The Morgan fingerprint density at radius 1 is 1.20 bits per heavy atom. The third kappa shape index (κ3) is 1.85. The summed E-state index contributed by atoms with van der Waals surface area (Å²) in [5.41, 5.74) is 1.60. The van der Waals surface area contributed by atoms with E-state index in [4.69, 9.17) is 0 Å². The number of fused-ring (bicyclic) bond motifs is 1. The van der Waals surface area contributed by atoms with Crippen LogP contribution in [0.5, 0.6) is 0 Å². The van der Waals surface area contributed by atoms with Crippen LogP contribution in [0.2, 0.25) is 0 Å². The van der Waals surface area contributed by atoms with Gasteiger partial charge in [0.15, 0.2) is 11.5 Å². The van der Waals surface area contributed by atoms with Crippen molar-refractivity contribution in [1.29, 1.82) is 0 Å². The van der Waals surface area contributed by atoms with E-state index in [1.54, 1.807) is 25.3 Å². The fraction of sp³-hybridized carbons (Fsp3) is 0.286. The van der Waals surface area contributed by atoms with Gasteiger partial charge < -0.3 is 14.6 Å². The number of carbonyl (C=O) groups is 1. The van der Waals surface area contributed by atoms with Crippen molar-refractivity contribution in [2.24, 2.45) is 0 Å². The minimum absolute atomic E-state index is 0.223. The van der Waals surface area contributed by atoms with Gasteiger partial charge in [0, 0.05) is 20.6 Å². The molecule has 1 aliphatic heterocycles. The highest BCUT2D eigenvalue weighted by atomic mass is 16.3. The number of benzene rings is 1. The molecular formula is C14H16N4O2. The number of carbonyl (C=O) groups excluding carboxylic acids is 1. The van der Waals surface area contributed by atoms with Crippen LogP contribution in [-0.2, 0) is 6.54 Å². The monoisotopic (exact) mass is 272 g/mol. The Balaban J connectivity index is 2.00. The van der Waals surface area contributed by atoms with Crippen molar-refractivity contribution in [1.82, 2.24) is 14.5 Å². The van der Waals surface area contributed by atoms with E-state index in [1.165, 1.54) is 4.90 Å². The Bertz CT molecular complexity index is 638. The molecular weight excluding hydrogens is 256 g/mol. The number of hydrogen-bond donors (Lipinski definition) is 1. The molecule has 3 rings (SSSR count).